The number of nitrogens with one attached hydrogen (secondary N) is 4. The molecule has 0 saturated carbocycles. The molecule has 0 aliphatic heterocycles. The van der Waals surface area contributed by atoms with Crippen molar-refractivity contribution in [2.24, 2.45) is 23.7 Å². The van der Waals surface area contributed by atoms with Gasteiger partial charge in [0.2, 0.25) is 35.3 Å². The molecule has 23 heteroatoms. The van der Waals surface area contributed by atoms with E-state index in [-0.39, 0.29) is 41.1 Å². The molecule has 4 amide bonds. The molecule has 21 nitrogen and oxygen atoms in total. The molecule has 2 heterocycles. The van der Waals surface area contributed by atoms with Gasteiger partial charge in [-0.3, -0.25) is 33.6 Å². The van der Waals surface area contributed by atoms with Crippen LogP contribution >= 0.6 is 24.4 Å². The van der Waals surface area contributed by atoms with E-state index < -0.39 is 48.2 Å². The highest BCUT2D eigenvalue weighted by Gasteiger charge is 2.33. The highest BCUT2D eigenvalue weighted by molar-refractivity contribution is 8.13. The summed E-state index contributed by atoms with van der Waals surface area (Å²) >= 11 is 5.40. The summed E-state index contributed by atoms with van der Waals surface area (Å²) in [6.07, 6.45) is 5.76. The van der Waals surface area contributed by atoms with E-state index in [0.29, 0.717) is 62.2 Å². The number of unbranched alkanes of at least 4 members (excludes halogenated alkanes) is 4. The van der Waals surface area contributed by atoms with E-state index in [2.05, 4.69) is 78.4 Å². The van der Waals surface area contributed by atoms with Crippen molar-refractivity contribution >= 4 is 65.1 Å². The number of hydrogen-bond acceptors (Lipinski definition) is 16. The fourth-order valence-electron chi connectivity index (χ4n) is 9.79. The second-order valence-electron chi connectivity index (χ2n) is 22.0. The molecule has 86 heavy (non-hydrogen) atoms. The van der Waals surface area contributed by atoms with Crippen molar-refractivity contribution in [1.82, 2.24) is 61.7 Å². The molecule has 0 bridgehead atoms. The number of benzene rings is 4. The van der Waals surface area contributed by atoms with E-state index in [1.54, 1.807) is 9.80 Å². The van der Waals surface area contributed by atoms with E-state index >= 15 is 0 Å². The Bertz CT molecular complexity index is 3070. The largest absolute Gasteiger partial charge is 0.481 e. The molecule has 4 atom stereocenters. The minimum atomic E-state index is -1.16. The number of aromatic amines is 2. The number of methoxy groups -OCH3 is 1. The van der Waals surface area contributed by atoms with Crippen molar-refractivity contribution in [3.8, 4) is 45.0 Å². The predicted octanol–water partition coefficient (Wildman–Crippen LogP) is 9.65. The van der Waals surface area contributed by atoms with E-state index in [0.717, 1.165) is 94.8 Å². The predicted molar refractivity (Wildman–Crippen MR) is 336 cm³/mol. The van der Waals surface area contributed by atoms with Gasteiger partial charge in [-0.05, 0) is 81.3 Å². The maximum Gasteiger partial charge on any atom is 0.308 e. The number of aliphatic carboxylic acids is 1. The number of amides is 4. The molecule has 6 rings (SSSR count). The average molecular weight is 1220 g/mol. The Morgan fingerprint density at radius 3 is 1.40 bits per heavy atom. The number of carboxylic acid groups (broad SMARTS) is 1. The summed E-state index contributed by atoms with van der Waals surface area (Å²) in [5.74, 6) is -1.97. The minimum absolute atomic E-state index is 0.0786. The number of thioether (sulfide) groups is 1. The van der Waals surface area contributed by atoms with Gasteiger partial charge in [0, 0.05) is 67.6 Å². The topological polar surface area (TPSA) is 288 Å². The second kappa shape index (κ2) is 36.3. The highest BCUT2D eigenvalue weighted by atomic mass is 32.2. The molecular formula is C63H84N12O9S2. The number of esters is 1. The van der Waals surface area contributed by atoms with Crippen molar-refractivity contribution in [2.45, 2.75) is 138 Å². The molecule has 462 valence electrons. The lowest BCUT2D eigenvalue weighted by Crippen LogP contribution is -2.51. The maximum absolute atomic E-state index is 14.0. The van der Waals surface area contributed by atoms with Crippen LogP contribution in [0, 0.1) is 23.7 Å². The Kier molecular flexibility index (Phi) is 29.1. The molecule has 0 radical (unpaired) electrons. The number of tetrazole rings is 2. The minimum Gasteiger partial charge on any atom is -0.481 e. The zero-order chi connectivity index (χ0) is 62.5. The summed E-state index contributed by atoms with van der Waals surface area (Å²) in [6, 6.07) is 29.1. The van der Waals surface area contributed by atoms with Crippen molar-refractivity contribution < 1.29 is 43.4 Å². The molecule has 0 saturated heterocycles. The number of hydrogen-bond donors (Lipinski definition) is 6. The number of carbonyl (C=O) groups is 7. The molecule has 2 unspecified atom stereocenters. The van der Waals surface area contributed by atoms with Gasteiger partial charge >= 0.3 is 11.9 Å². The lowest BCUT2D eigenvalue weighted by Gasteiger charge is -2.29. The van der Waals surface area contributed by atoms with Gasteiger partial charge in [-0.15, -0.1) is 20.4 Å². The van der Waals surface area contributed by atoms with Gasteiger partial charge in [-0.1, -0.05) is 176 Å². The summed E-state index contributed by atoms with van der Waals surface area (Å²) in [7, 11) is 1.26. The number of carboxylic acids is 1. The molecule has 0 fully saturated rings. The van der Waals surface area contributed by atoms with E-state index in [9.17, 15) is 38.7 Å². The average Bonchev–Trinajstić information content (AvgIpc) is 4.32. The van der Waals surface area contributed by atoms with Crippen LogP contribution < -0.4 is 10.6 Å². The monoisotopic (exact) mass is 1220 g/mol. The molecule has 2 aromatic heterocycles. The standard InChI is InChI=1S/C33H44N6O5S.C30H40N6O4S/c1-6-7-10-17-39(20-24-13-15-25(16-14-24)27-11-8-9-12-28(27)31-35-37-38-36-31)33(43)29(19-30(41)44-5)34-32(42)26(18-22(2)3)21-45-23(4)40;1-4-5-8-15-36(30(40)26(17-27(37)38)31-29(39)23(19-41)16-20(2)3)18-21-11-13-22(14-12-21)24-9-6-7-10-25(24)28-32-34-35-33-28/h8-9,11-16,22,26,29H,6-7,10,17-21H2,1-5H3,(H,34,42)(H,35,36,37,38);6-7,9-14,20,23,26,41H,4-5,8,15-19H2,1-3H3,(H,31,39)(H,37,38)(H,32,33,34,35)/t26?,29-;23?,26-/m11/s1. The van der Waals surface area contributed by atoms with Crippen LogP contribution in [0.4, 0.5) is 0 Å². The third-order valence-corrected chi connectivity index (χ3v) is 15.6. The summed E-state index contributed by atoms with van der Waals surface area (Å²) in [5.41, 5.74) is 7.28. The number of nitrogens with zero attached hydrogens (tertiary/aromatic N) is 8. The van der Waals surface area contributed by atoms with E-state index in [1.165, 1.54) is 14.0 Å². The Labute approximate surface area is 514 Å². The van der Waals surface area contributed by atoms with Crippen molar-refractivity contribution in [3.63, 3.8) is 0 Å². The van der Waals surface area contributed by atoms with Crippen molar-refractivity contribution in [3.05, 3.63) is 108 Å². The zero-order valence-corrected chi connectivity index (χ0v) is 52.4. The number of aromatic nitrogens is 8. The Morgan fingerprint density at radius 1 is 0.605 bits per heavy atom. The van der Waals surface area contributed by atoms with E-state index in [4.69, 9.17) is 4.74 Å². The van der Waals surface area contributed by atoms with Crippen LogP contribution in [0.3, 0.4) is 0 Å². The lowest BCUT2D eigenvalue weighted by molar-refractivity contribution is -0.146. The Morgan fingerprint density at radius 2 is 1.02 bits per heavy atom. The molecule has 0 aliphatic carbocycles. The molecule has 4 aromatic carbocycles. The van der Waals surface area contributed by atoms with Gasteiger partial charge in [-0.25, -0.2) is 0 Å². The maximum atomic E-state index is 14.0. The van der Waals surface area contributed by atoms with Gasteiger partial charge in [0.05, 0.1) is 20.0 Å². The zero-order valence-electron chi connectivity index (χ0n) is 50.7. The van der Waals surface area contributed by atoms with Gasteiger partial charge in [0.25, 0.3) is 0 Å². The first kappa shape index (κ1) is 69.0. The van der Waals surface area contributed by atoms with Gasteiger partial charge in [-0.2, -0.15) is 23.1 Å². The number of thiol groups is 1. The summed E-state index contributed by atoms with van der Waals surface area (Å²) in [5, 5.41) is 43.8. The smallest absolute Gasteiger partial charge is 0.308 e. The van der Waals surface area contributed by atoms with Gasteiger partial charge in [0.1, 0.15) is 12.1 Å². The van der Waals surface area contributed by atoms with Gasteiger partial charge < -0.3 is 30.3 Å². The SMILES string of the molecule is CCCCCN(Cc1ccc(-c2ccccc2-c2nn[nH]n2)cc1)C(=O)[C@@H](CC(=O)O)NC(=O)C(CS)CC(C)C.CCCCCN(Cc1ccc(-c2ccccc2-c2nn[nH]n2)cc1)C(=O)[C@@H](CC(=O)OC)NC(=O)C(CSC(C)=O)CC(C)C. The van der Waals surface area contributed by atoms with Crippen LogP contribution in [0.15, 0.2) is 97.1 Å². The summed E-state index contributed by atoms with van der Waals surface area (Å²) in [6.45, 7) is 15.2. The summed E-state index contributed by atoms with van der Waals surface area (Å²) < 4.78 is 4.88. The third-order valence-electron chi connectivity index (χ3n) is 14.2. The third kappa shape index (κ3) is 22.2. The normalized spacial score (nSPS) is 12.5. The first-order valence-electron chi connectivity index (χ1n) is 29.4. The summed E-state index contributed by atoms with van der Waals surface area (Å²) in [4.78, 5) is 93.2. The van der Waals surface area contributed by atoms with Crippen LogP contribution in [0.5, 0.6) is 0 Å². The van der Waals surface area contributed by atoms with Crippen molar-refractivity contribution in [2.75, 3.05) is 31.7 Å². The first-order chi connectivity index (χ1) is 41.3. The van der Waals surface area contributed by atoms with Crippen LogP contribution in [-0.2, 0) is 51.4 Å². The Balaban J connectivity index is 0.000000315. The van der Waals surface area contributed by atoms with Crippen LogP contribution in [0.2, 0.25) is 0 Å². The second-order valence-corrected chi connectivity index (χ2v) is 23.6. The number of ether oxygens (including phenoxy) is 1. The van der Waals surface area contributed by atoms with E-state index in [1.807, 2.05) is 125 Å². The quantitative estimate of drug-likeness (QED) is 0.0127. The van der Waals surface area contributed by atoms with Crippen LogP contribution in [0.1, 0.15) is 124 Å². The number of rotatable bonds is 33. The molecule has 5 N–H and O–H groups in total. The molecular weight excluding hydrogens is 1130 g/mol. The Hall–Kier alpha value is -7.79. The molecule has 0 aliphatic rings. The fraction of sp³-hybridized carbons (Fsp3) is 0.476. The lowest BCUT2D eigenvalue weighted by atomic mass is 9.97. The van der Waals surface area contributed by atoms with Gasteiger partial charge in [0.15, 0.2) is 5.12 Å². The fourth-order valence-corrected chi connectivity index (χ4v) is 10.8. The molecule has 6 aromatic rings. The van der Waals surface area contributed by atoms with Crippen LogP contribution in [0.25, 0.3) is 45.0 Å². The molecule has 0 spiro atoms. The van der Waals surface area contributed by atoms with Crippen LogP contribution in [-0.4, -0.2) is 141 Å². The number of carbonyl (C=O) groups excluding carboxylic acids is 6. The van der Waals surface area contributed by atoms with Crippen molar-refractivity contribution in [1.29, 1.82) is 0 Å². The first-order valence-corrected chi connectivity index (χ1v) is 31.0. The number of H-pyrrole nitrogens is 2. The highest BCUT2D eigenvalue weighted by Crippen LogP contribution is 2.32.